The Morgan fingerprint density at radius 2 is 1.92 bits per heavy atom. The van der Waals surface area contributed by atoms with Crippen LogP contribution in [0, 0.1) is 19.8 Å². The second-order valence-corrected chi connectivity index (χ2v) is 9.36. The Labute approximate surface area is 225 Å². The van der Waals surface area contributed by atoms with Gasteiger partial charge in [-0.1, -0.05) is 18.2 Å². The molecule has 1 aliphatic rings. The molecule has 10 nitrogen and oxygen atoms in total. The van der Waals surface area contributed by atoms with E-state index in [1.54, 1.807) is 35.3 Å². The molecule has 39 heavy (non-hydrogen) atoms. The van der Waals surface area contributed by atoms with Crippen molar-refractivity contribution in [3.8, 4) is 16.9 Å². The van der Waals surface area contributed by atoms with Crippen LogP contribution in [0.4, 0.5) is 4.39 Å². The van der Waals surface area contributed by atoms with Gasteiger partial charge >= 0.3 is 0 Å². The number of aromatic nitrogens is 5. The summed E-state index contributed by atoms with van der Waals surface area (Å²) in [5.74, 6) is -0.143. The average Bonchev–Trinajstić information content (AvgIpc) is 3.49. The molecule has 0 aliphatic carbocycles. The standard InChI is InChI=1S/C28H30FN7O3/c1-18-24(36(22-7-5-4-6-8-22)34-27(18)21-15-31-19(2)32-16-21)14-26(37)33-23-17-35(11-12-38-3)39-28(23)20-9-10-30-25(29)13-20/h4-10,13,15-16,23,28H,11-12,14,17H2,1-3H3,(H,33,37)/t23-,28+/m1/s1. The van der Waals surface area contributed by atoms with Crippen LogP contribution in [0.5, 0.6) is 0 Å². The lowest BCUT2D eigenvalue weighted by Crippen LogP contribution is -2.41. The molecule has 0 bridgehead atoms. The molecule has 0 saturated carbocycles. The molecular weight excluding hydrogens is 501 g/mol. The Balaban J connectivity index is 1.42. The quantitative estimate of drug-likeness (QED) is 0.328. The summed E-state index contributed by atoms with van der Waals surface area (Å²) in [5, 5.41) is 9.68. The summed E-state index contributed by atoms with van der Waals surface area (Å²) in [4.78, 5) is 31.8. The highest BCUT2D eigenvalue weighted by molar-refractivity contribution is 5.80. The minimum absolute atomic E-state index is 0.0758. The van der Waals surface area contributed by atoms with Gasteiger partial charge in [0.2, 0.25) is 11.9 Å². The number of amides is 1. The van der Waals surface area contributed by atoms with Crippen molar-refractivity contribution in [3.63, 3.8) is 0 Å². The van der Waals surface area contributed by atoms with Crippen LogP contribution in [-0.4, -0.2) is 68.6 Å². The predicted molar refractivity (Wildman–Crippen MR) is 141 cm³/mol. The molecule has 5 rings (SSSR count). The number of rotatable bonds is 9. The Morgan fingerprint density at radius 3 is 2.64 bits per heavy atom. The fourth-order valence-corrected chi connectivity index (χ4v) is 4.66. The van der Waals surface area contributed by atoms with Crippen molar-refractivity contribution < 1.29 is 18.8 Å². The van der Waals surface area contributed by atoms with E-state index in [2.05, 4.69) is 20.3 Å². The lowest BCUT2D eigenvalue weighted by Gasteiger charge is -2.19. The molecule has 1 aromatic carbocycles. The van der Waals surface area contributed by atoms with Gasteiger partial charge in [-0.15, -0.1) is 0 Å². The van der Waals surface area contributed by atoms with Crippen LogP contribution in [0.25, 0.3) is 16.9 Å². The molecule has 1 fully saturated rings. The predicted octanol–water partition coefficient (Wildman–Crippen LogP) is 3.14. The molecule has 2 atom stereocenters. The van der Waals surface area contributed by atoms with Crippen LogP contribution in [-0.2, 0) is 20.8 Å². The Hall–Kier alpha value is -4.06. The van der Waals surface area contributed by atoms with Crippen molar-refractivity contribution in [3.05, 3.63) is 89.6 Å². The number of hydroxylamine groups is 2. The van der Waals surface area contributed by atoms with Gasteiger partial charge < -0.3 is 10.1 Å². The number of nitrogens with zero attached hydrogens (tertiary/aromatic N) is 6. The van der Waals surface area contributed by atoms with E-state index in [0.717, 1.165) is 22.5 Å². The summed E-state index contributed by atoms with van der Waals surface area (Å²) >= 11 is 0. The van der Waals surface area contributed by atoms with E-state index in [4.69, 9.17) is 14.7 Å². The van der Waals surface area contributed by atoms with Crippen molar-refractivity contribution in [2.24, 2.45) is 0 Å². The van der Waals surface area contributed by atoms with E-state index in [9.17, 15) is 9.18 Å². The summed E-state index contributed by atoms with van der Waals surface area (Å²) in [6, 6.07) is 12.3. The van der Waals surface area contributed by atoms with Gasteiger partial charge in [-0.05, 0) is 49.2 Å². The first-order valence-electron chi connectivity index (χ1n) is 12.7. The third-order valence-electron chi connectivity index (χ3n) is 6.63. The van der Waals surface area contributed by atoms with E-state index in [0.29, 0.717) is 36.8 Å². The molecule has 4 aromatic rings. The largest absolute Gasteiger partial charge is 0.383 e. The van der Waals surface area contributed by atoms with Crippen molar-refractivity contribution in [1.82, 2.24) is 35.1 Å². The highest BCUT2D eigenvalue weighted by Gasteiger charge is 2.37. The SMILES string of the molecule is COCCN1C[C@@H](NC(=O)Cc2c(C)c(-c3cnc(C)nc3)nn2-c2ccccc2)[C@H](c2ccnc(F)c2)O1. The second-order valence-electron chi connectivity index (χ2n) is 9.36. The lowest BCUT2D eigenvalue weighted by atomic mass is 10.0. The molecule has 4 heterocycles. The topological polar surface area (TPSA) is 107 Å². The number of methoxy groups -OCH3 is 1. The smallest absolute Gasteiger partial charge is 0.226 e. The molecule has 0 radical (unpaired) electrons. The number of aryl methyl sites for hydroxylation is 1. The average molecular weight is 532 g/mol. The van der Waals surface area contributed by atoms with Crippen LogP contribution in [0.3, 0.4) is 0 Å². The normalized spacial score (nSPS) is 17.4. The molecule has 1 aliphatic heterocycles. The van der Waals surface area contributed by atoms with Crippen LogP contribution < -0.4 is 5.32 Å². The summed E-state index contributed by atoms with van der Waals surface area (Å²) in [5.41, 5.74) is 4.52. The maximum atomic E-state index is 13.9. The van der Waals surface area contributed by atoms with Gasteiger partial charge in [0, 0.05) is 44.4 Å². The molecular formula is C28H30FN7O3. The second kappa shape index (κ2) is 11.8. The van der Waals surface area contributed by atoms with Crippen LogP contribution in [0.15, 0.2) is 61.1 Å². The molecule has 202 valence electrons. The first-order valence-corrected chi connectivity index (χ1v) is 12.7. The number of carbonyl (C=O) groups is 1. The van der Waals surface area contributed by atoms with Gasteiger partial charge in [0.05, 0.1) is 36.1 Å². The number of hydrogen-bond donors (Lipinski definition) is 1. The number of ether oxygens (including phenoxy) is 1. The van der Waals surface area contributed by atoms with Gasteiger partial charge in [-0.3, -0.25) is 9.63 Å². The van der Waals surface area contributed by atoms with Gasteiger partial charge in [0.15, 0.2) is 0 Å². The van der Waals surface area contributed by atoms with Crippen molar-refractivity contribution in [2.45, 2.75) is 32.4 Å². The molecule has 1 N–H and O–H groups in total. The number of benzene rings is 1. The van der Waals surface area contributed by atoms with Gasteiger partial charge in [-0.2, -0.15) is 14.6 Å². The fourth-order valence-electron chi connectivity index (χ4n) is 4.66. The first kappa shape index (κ1) is 26.5. The molecule has 0 unspecified atom stereocenters. The van der Waals surface area contributed by atoms with E-state index in [1.165, 1.54) is 12.3 Å². The van der Waals surface area contributed by atoms with Gasteiger partial charge in [-0.25, -0.2) is 19.6 Å². The minimum Gasteiger partial charge on any atom is -0.383 e. The maximum Gasteiger partial charge on any atom is 0.226 e. The maximum absolute atomic E-state index is 13.9. The fraction of sp³-hybridized carbons (Fsp3) is 0.321. The molecule has 1 saturated heterocycles. The van der Waals surface area contributed by atoms with Gasteiger partial charge in [0.25, 0.3) is 0 Å². The third kappa shape index (κ3) is 6.00. The Kier molecular flexibility index (Phi) is 8.01. The number of carbonyl (C=O) groups excluding carboxylic acids is 1. The molecule has 11 heteroatoms. The van der Waals surface area contributed by atoms with Crippen molar-refractivity contribution >= 4 is 5.91 Å². The zero-order chi connectivity index (χ0) is 27.4. The third-order valence-corrected chi connectivity index (χ3v) is 6.63. The number of para-hydroxylation sites is 1. The van der Waals surface area contributed by atoms with E-state index >= 15 is 0 Å². The Bertz CT molecular complexity index is 1430. The summed E-state index contributed by atoms with van der Waals surface area (Å²) in [7, 11) is 1.61. The van der Waals surface area contributed by atoms with Crippen LogP contribution >= 0.6 is 0 Å². The van der Waals surface area contributed by atoms with E-state index in [1.807, 2.05) is 44.2 Å². The van der Waals surface area contributed by atoms with Gasteiger partial charge in [0.1, 0.15) is 11.9 Å². The van der Waals surface area contributed by atoms with Crippen LogP contribution in [0.1, 0.15) is 28.7 Å². The lowest BCUT2D eigenvalue weighted by molar-refractivity contribution is -0.154. The number of hydrogen-bond acceptors (Lipinski definition) is 8. The summed E-state index contributed by atoms with van der Waals surface area (Å²) in [6.45, 7) is 5.16. The Morgan fingerprint density at radius 1 is 1.15 bits per heavy atom. The highest BCUT2D eigenvalue weighted by atomic mass is 19.1. The van der Waals surface area contributed by atoms with Crippen molar-refractivity contribution in [2.75, 3.05) is 26.8 Å². The number of pyridine rings is 1. The molecule has 0 spiro atoms. The van der Waals surface area contributed by atoms with E-state index in [-0.39, 0.29) is 12.3 Å². The zero-order valence-corrected chi connectivity index (χ0v) is 22.0. The molecule has 1 amide bonds. The van der Waals surface area contributed by atoms with Crippen molar-refractivity contribution in [1.29, 1.82) is 0 Å². The highest BCUT2D eigenvalue weighted by Crippen LogP contribution is 2.30. The summed E-state index contributed by atoms with van der Waals surface area (Å²) < 4.78 is 20.9. The number of nitrogens with one attached hydrogen (secondary N) is 1. The minimum atomic E-state index is -0.605. The summed E-state index contributed by atoms with van der Waals surface area (Å²) in [6.07, 6.45) is 4.37. The molecule has 3 aromatic heterocycles. The van der Waals surface area contributed by atoms with Crippen LogP contribution in [0.2, 0.25) is 0 Å². The van der Waals surface area contributed by atoms with E-state index < -0.39 is 18.1 Å². The number of halogens is 1. The monoisotopic (exact) mass is 531 g/mol. The first-order chi connectivity index (χ1) is 18.9. The zero-order valence-electron chi connectivity index (χ0n) is 22.0.